The summed E-state index contributed by atoms with van der Waals surface area (Å²) in [5.74, 6) is 0.306. The molecule has 3 N–H and O–H groups in total. The number of nitrogens with one attached hydrogen (secondary N) is 1. The monoisotopic (exact) mass is 400 g/mol. The Bertz CT molecular complexity index is 1220. The fourth-order valence-electron chi connectivity index (χ4n) is 4.24. The van der Waals surface area contributed by atoms with Gasteiger partial charge < -0.3 is 15.6 Å². The molecule has 1 saturated heterocycles. The first-order valence-corrected chi connectivity index (χ1v) is 9.78. The van der Waals surface area contributed by atoms with Crippen molar-refractivity contribution in [2.24, 2.45) is 11.7 Å². The van der Waals surface area contributed by atoms with E-state index >= 15 is 0 Å². The first-order chi connectivity index (χ1) is 14.8. The fourth-order valence-corrected chi connectivity index (χ4v) is 4.24. The predicted molar refractivity (Wildman–Crippen MR) is 110 cm³/mol. The van der Waals surface area contributed by atoms with Crippen LogP contribution in [0.5, 0.6) is 0 Å². The van der Waals surface area contributed by atoms with Gasteiger partial charge in [0, 0.05) is 48.9 Å². The highest BCUT2D eigenvalue weighted by Crippen LogP contribution is 2.32. The molecule has 4 aromatic heterocycles. The molecule has 1 aliphatic heterocycles. The van der Waals surface area contributed by atoms with Gasteiger partial charge in [-0.1, -0.05) is 0 Å². The maximum atomic E-state index is 9.32. The molecule has 1 aliphatic rings. The lowest BCUT2D eigenvalue weighted by Crippen LogP contribution is -2.30. The van der Waals surface area contributed by atoms with Crippen molar-refractivity contribution in [2.45, 2.75) is 12.5 Å². The summed E-state index contributed by atoms with van der Waals surface area (Å²) < 4.78 is 1.94. The van der Waals surface area contributed by atoms with Crippen molar-refractivity contribution in [2.75, 3.05) is 24.5 Å². The van der Waals surface area contributed by atoms with Gasteiger partial charge in [0.05, 0.1) is 29.8 Å². The summed E-state index contributed by atoms with van der Waals surface area (Å²) >= 11 is 0. The van der Waals surface area contributed by atoms with Crippen LogP contribution in [0.25, 0.3) is 22.3 Å². The minimum absolute atomic E-state index is 0.0487. The third kappa shape index (κ3) is 3.05. The Balaban J connectivity index is 1.39. The van der Waals surface area contributed by atoms with Crippen LogP contribution in [0.2, 0.25) is 0 Å². The molecule has 10 heteroatoms. The van der Waals surface area contributed by atoms with E-state index in [9.17, 15) is 5.26 Å². The van der Waals surface area contributed by atoms with E-state index in [-0.39, 0.29) is 6.04 Å². The summed E-state index contributed by atoms with van der Waals surface area (Å²) in [6.45, 7) is 2.10. The van der Waals surface area contributed by atoms with Crippen LogP contribution < -0.4 is 10.6 Å². The van der Waals surface area contributed by atoms with E-state index < -0.39 is 0 Å². The van der Waals surface area contributed by atoms with E-state index in [1.165, 1.54) is 0 Å². The zero-order valence-corrected chi connectivity index (χ0v) is 16.2. The first kappa shape index (κ1) is 18.2. The van der Waals surface area contributed by atoms with Gasteiger partial charge in [-0.3, -0.25) is 4.68 Å². The molecule has 0 unspecified atom stereocenters. The molecule has 1 fully saturated rings. The third-order valence-corrected chi connectivity index (χ3v) is 5.73. The highest BCUT2D eigenvalue weighted by atomic mass is 15.3. The number of nitriles is 1. The third-order valence-electron chi connectivity index (χ3n) is 5.73. The zero-order valence-electron chi connectivity index (χ0n) is 16.2. The highest BCUT2D eigenvalue weighted by Gasteiger charge is 2.32. The molecule has 0 aliphatic carbocycles. The van der Waals surface area contributed by atoms with Gasteiger partial charge in [0.25, 0.3) is 0 Å². The van der Waals surface area contributed by atoms with Crippen molar-refractivity contribution in [3.05, 3.63) is 48.9 Å². The lowest BCUT2D eigenvalue weighted by Gasteiger charge is -2.24. The number of aromatic nitrogens is 7. The van der Waals surface area contributed by atoms with E-state index in [1.807, 2.05) is 35.4 Å². The van der Waals surface area contributed by atoms with Crippen molar-refractivity contribution in [1.29, 1.82) is 5.26 Å². The Morgan fingerprint density at radius 1 is 1.33 bits per heavy atom. The average molecular weight is 400 g/mol. The molecule has 0 spiro atoms. The summed E-state index contributed by atoms with van der Waals surface area (Å²) in [5.41, 5.74) is 9.91. The van der Waals surface area contributed by atoms with Crippen LogP contribution in [0.1, 0.15) is 18.2 Å². The van der Waals surface area contributed by atoms with Crippen LogP contribution in [0.3, 0.4) is 0 Å². The minimum atomic E-state index is 0.0487. The second kappa shape index (κ2) is 7.53. The van der Waals surface area contributed by atoms with Crippen LogP contribution in [0.4, 0.5) is 5.69 Å². The number of fused-ring (bicyclic) bond motifs is 1. The van der Waals surface area contributed by atoms with Crippen molar-refractivity contribution in [3.8, 4) is 17.3 Å². The number of nitrogens with two attached hydrogens (primary N) is 1. The van der Waals surface area contributed by atoms with Gasteiger partial charge >= 0.3 is 0 Å². The van der Waals surface area contributed by atoms with Crippen molar-refractivity contribution >= 4 is 16.7 Å². The molecular weight excluding hydrogens is 380 g/mol. The molecule has 30 heavy (non-hydrogen) atoms. The van der Waals surface area contributed by atoms with E-state index in [0.717, 1.165) is 47.5 Å². The molecule has 0 saturated carbocycles. The molecule has 4 aromatic rings. The van der Waals surface area contributed by atoms with E-state index in [1.54, 1.807) is 12.5 Å². The van der Waals surface area contributed by atoms with Crippen molar-refractivity contribution in [1.82, 2.24) is 34.9 Å². The van der Waals surface area contributed by atoms with Crippen molar-refractivity contribution < 1.29 is 0 Å². The van der Waals surface area contributed by atoms with E-state index in [2.05, 4.69) is 41.2 Å². The number of nitrogens with zero attached hydrogens (tertiary/aromatic N) is 8. The Hall–Kier alpha value is -3.84. The number of hydrogen-bond donors (Lipinski definition) is 2. The fraction of sp³-hybridized carbons (Fsp3) is 0.300. The Morgan fingerprint density at radius 3 is 3.13 bits per heavy atom. The lowest BCUT2D eigenvalue weighted by molar-refractivity contribution is 0.334. The maximum Gasteiger partial charge on any atom is 0.186 e. The number of anilines is 1. The van der Waals surface area contributed by atoms with Crippen LogP contribution >= 0.6 is 0 Å². The van der Waals surface area contributed by atoms with Gasteiger partial charge in [-0.05, 0) is 18.6 Å². The minimum Gasteiger partial charge on any atom is -0.369 e. The standard InChI is InChI=1S/C20H20N10/c21-7-16-17(2-5-26-28-16)29-6-3-13(10-29)18(8-22)30-11-14(9-27-30)19-15-1-4-23-20(15)25-12-24-19/h1-2,4-5,9,11-13,18H,3,6,8,10,22H2,(H,23,24,25)/t13-,18-/m0/s1. The molecule has 10 nitrogen and oxygen atoms in total. The number of hydrogen-bond acceptors (Lipinski definition) is 8. The summed E-state index contributed by atoms with van der Waals surface area (Å²) in [6.07, 6.45) is 9.81. The quantitative estimate of drug-likeness (QED) is 0.514. The van der Waals surface area contributed by atoms with Gasteiger partial charge in [-0.15, -0.1) is 5.10 Å². The molecule has 0 amide bonds. The van der Waals surface area contributed by atoms with Crippen LogP contribution in [0, 0.1) is 17.2 Å². The topological polar surface area (TPSA) is 138 Å². The lowest BCUT2D eigenvalue weighted by atomic mass is 9.99. The smallest absolute Gasteiger partial charge is 0.186 e. The van der Waals surface area contributed by atoms with Gasteiger partial charge in [0.15, 0.2) is 5.69 Å². The molecule has 0 bridgehead atoms. The maximum absolute atomic E-state index is 9.32. The van der Waals surface area contributed by atoms with Crippen LogP contribution in [0.15, 0.2) is 43.2 Å². The largest absolute Gasteiger partial charge is 0.369 e. The summed E-state index contributed by atoms with van der Waals surface area (Å²) in [5, 5.41) is 22.6. The summed E-state index contributed by atoms with van der Waals surface area (Å²) in [6, 6.07) is 5.98. The van der Waals surface area contributed by atoms with Crippen LogP contribution in [-0.4, -0.2) is 54.6 Å². The average Bonchev–Trinajstić information content (AvgIpc) is 3.55. The Kier molecular flexibility index (Phi) is 4.57. The van der Waals surface area contributed by atoms with Gasteiger partial charge in [-0.25, -0.2) is 9.97 Å². The number of aromatic amines is 1. The van der Waals surface area contributed by atoms with Gasteiger partial charge in [-0.2, -0.15) is 15.5 Å². The first-order valence-electron chi connectivity index (χ1n) is 9.78. The summed E-state index contributed by atoms with van der Waals surface area (Å²) in [4.78, 5) is 14.0. The highest BCUT2D eigenvalue weighted by molar-refractivity contribution is 5.89. The molecule has 150 valence electrons. The number of H-pyrrole nitrogens is 1. The predicted octanol–water partition coefficient (Wildman–Crippen LogP) is 1.51. The molecule has 5 rings (SSSR count). The second-order valence-electron chi connectivity index (χ2n) is 7.35. The normalized spacial score (nSPS) is 17.3. The molecule has 5 heterocycles. The number of rotatable bonds is 5. The van der Waals surface area contributed by atoms with Crippen LogP contribution in [-0.2, 0) is 0 Å². The van der Waals surface area contributed by atoms with E-state index in [4.69, 9.17) is 5.73 Å². The van der Waals surface area contributed by atoms with E-state index in [0.29, 0.717) is 18.2 Å². The summed E-state index contributed by atoms with van der Waals surface area (Å²) in [7, 11) is 0. The molecule has 0 radical (unpaired) electrons. The SMILES string of the molecule is N#Cc1nnccc1N1CC[C@H]([C@H](CN)n2cc(-c3ncnc4[nH]ccc34)cn2)C1. The molecule has 0 aromatic carbocycles. The molecule has 2 atom stereocenters. The molecular formula is C20H20N10. The second-order valence-corrected chi connectivity index (χ2v) is 7.35. The zero-order chi connectivity index (χ0) is 20.5. The van der Waals surface area contributed by atoms with Crippen molar-refractivity contribution in [3.63, 3.8) is 0 Å². The van der Waals surface area contributed by atoms with Gasteiger partial charge in [0.2, 0.25) is 0 Å². The Labute approximate surface area is 172 Å². The Morgan fingerprint density at radius 2 is 2.27 bits per heavy atom. The van der Waals surface area contributed by atoms with Gasteiger partial charge in [0.1, 0.15) is 18.0 Å².